The van der Waals surface area contributed by atoms with E-state index < -0.39 is 0 Å². The van der Waals surface area contributed by atoms with Crippen LogP contribution < -0.4 is 0 Å². The molecule has 0 N–H and O–H groups in total. The summed E-state index contributed by atoms with van der Waals surface area (Å²) in [6, 6.07) is 0. The monoisotopic (exact) mass is 311 g/mol. The topological polar surface area (TPSA) is 20.3 Å². The Hall–Kier alpha value is -0.0800. The number of piperidine rings is 1. The van der Waals surface area contributed by atoms with Gasteiger partial charge in [0, 0.05) is 18.4 Å². The fourth-order valence-electron chi connectivity index (χ4n) is 6.16. The minimum atomic E-state index is 0. The molecule has 2 nitrogen and oxygen atoms in total. The number of nitrogens with zero attached hydrogens (tertiary/aromatic N) is 1. The van der Waals surface area contributed by atoms with Crippen LogP contribution in [0.1, 0.15) is 64.2 Å². The van der Waals surface area contributed by atoms with Crippen LogP contribution in [0.4, 0.5) is 0 Å². The van der Waals surface area contributed by atoms with Crippen molar-refractivity contribution in [2.24, 2.45) is 23.2 Å². The molecule has 0 spiro atoms. The fourth-order valence-corrected chi connectivity index (χ4v) is 6.16. The Morgan fingerprint density at radius 3 is 1.95 bits per heavy atom. The van der Waals surface area contributed by atoms with Crippen molar-refractivity contribution in [3.63, 3.8) is 0 Å². The van der Waals surface area contributed by atoms with Gasteiger partial charge in [-0.15, -0.1) is 12.4 Å². The summed E-state index contributed by atoms with van der Waals surface area (Å²) in [5.41, 5.74) is 0.143. The second-order valence-electron chi connectivity index (χ2n) is 8.27. The molecule has 5 aliphatic rings. The van der Waals surface area contributed by atoms with E-state index in [1.165, 1.54) is 70.9 Å². The third-order valence-corrected chi connectivity index (χ3v) is 6.73. The maximum absolute atomic E-state index is 12.9. The van der Waals surface area contributed by atoms with Gasteiger partial charge in [-0.05, 0) is 82.2 Å². The molecule has 1 heterocycles. The zero-order valence-corrected chi connectivity index (χ0v) is 14.0. The van der Waals surface area contributed by atoms with Crippen LogP contribution in [0.3, 0.4) is 0 Å². The number of carbonyl (C=O) groups excluding carboxylic acids is 1. The summed E-state index contributed by atoms with van der Waals surface area (Å²) in [6.45, 7) is 3.50. The van der Waals surface area contributed by atoms with E-state index in [4.69, 9.17) is 0 Å². The van der Waals surface area contributed by atoms with Crippen molar-refractivity contribution in [1.82, 2.24) is 4.90 Å². The number of ketones is 1. The molecule has 3 heteroatoms. The smallest absolute Gasteiger partial charge is 0.140 e. The Bertz CT molecular complexity index is 353. The minimum absolute atomic E-state index is 0. The van der Waals surface area contributed by atoms with Gasteiger partial charge in [-0.2, -0.15) is 0 Å². The Labute approximate surface area is 135 Å². The lowest BCUT2D eigenvalue weighted by molar-refractivity contribution is -0.144. The molecule has 0 aromatic carbocycles. The van der Waals surface area contributed by atoms with Gasteiger partial charge in [0.1, 0.15) is 5.78 Å². The second kappa shape index (κ2) is 6.20. The van der Waals surface area contributed by atoms with Crippen molar-refractivity contribution >= 4 is 18.2 Å². The highest BCUT2D eigenvalue weighted by molar-refractivity contribution is 5.85. The molecule has 0 atom stereocenters. The van der Waals surface area contributed by atoms with Crippen molar-refractivity contribution in [2.75, 3.05) is 19.6 Å². The minimum Gasteiger partial charge on any atom is -0.303 e. The molecule has 0 radical (unpaired) electrons. The first kappa shape index (κ1) is 15.8. The van der Waals surface area contributed by atoms with Crippen LogP contribution in [0.2, 0.25) is 0 Å². The SMILES string of the molecule is Cl.O=C(CCN1CCCCC1)C12CC3CC(CC(C3)C1)C2. The molecule has 120 valence electrons. The number of likely N-dealkylation sites (tertiary alicyclic amines) is 1. The van der Waals surface area contributed by atoms with E-state index in [2.05, 4.69) is 4.90 Å². The van der Waals surface area contributed by atoms with Gasteiger partial charge in [0.15, 0.2) is 0 Å². The van der Waals surface area contributed by atoms with Gasteiger partial charge in [-0.3, -0.25) is 4.79 Å². The molecule has 5 fully saturated rings. The fraction of sp³-hybridized carbons (Fsp3) is 0.944. The van der Waals surface area contributed by atoms with E-state index in [9.17, 15) is 4.79 Å². The number of halogens is 1. The number of hydrogen-bond acceptors (Lipinski definition) is 2. The third-order valence-electron chi connectivity index (χ3n) is 6.73. The van der Waals surface area contributed by atoms with E-state index in [-0.39, 0.29) is 17.8 Å². The van der Waals surface area contributed by atoms with Crippen molar-refractivity contribution in [3.05, 3.63) is 0 Å². The van der Waals surface area contributed by atoms with Gasteiger partial charge >= 0.3 is 0 Å². The lowest BCUT2D eigenvalue weighted by Crippen LogP contribution is -2.50. The summed E-state index contributed by atoms with van der Waals surface area (Å²) < 4.78 is 0. The number of Topliss-reactive ketones (excluding diaryl/α,β-unsaturated/α-hetero) is 1. The van der Waals surface area contributed by atoms with Crippen molar-refractivity contribution in [2.45, 2.75) is 64.2 Å². The maximum Gasteiger partial charge on any atom is 0.140 e. The molecule has 0 aromatic rings. The molecule has 0 unspecified atom stereocenters. The lowest BCUT2D eigenvalue weighted by Gasteiger charge is -2.56. The number of rotatable bonds is 4. The third kappa shape index (κ3) is 3.03. The molecular formula is C18H30ClNO. The van der Waals surface area contributed by atoms with Crippen molar-refractivity contribution in [1.29, 1.82) is 0 Å². The first-order valence-electron chi connectivity index (χ1n) is 8.99. The Morgan fingerprint density at radius 2 is 1.43 bits per heavy atom. The zero-order chi connectivity index (χ0) is 13.6. The molecular weight excluding hydrogens is 282 g/mol. The Balaban J connectivity index is 0.00000132. The van der Waals surface area contributed by atoms with Crippen LogP contribution in [0.25, 0.3) is 0 Å². The van der Waals surface area contributed by atoms with Crippen molar-refractivity contribution in [3.8, 4) is 0 Å². The van der Waals surface area contributed by atoms with Gasteiger partial charge in [-0.25, -0.2) is 0 Å². The zero-order valence-electron chi connectivity index (χ0n) is 13.2. The van der Waals surface area contributed by atoms with E-state index in [0.717, 1.165) is 30.7 Å². The highest BCUT2D eigenvalue weighted by atomic mass is 35.5. The summed E-state index contributed by atoms with van der Waals surface area (Å²) in [7, 11) is 0. The van der Waals surface area contributed by atoms with E-state index in [1.54, 1.807) is 0 Å². The maximum atomic E-state index is 12.9. The summed E-state index contributed by atoms with van der Waals surface area (Å²) in [5.74, 6) is 3.35. The molecule has 0 amide bonds. The number of hydrogen-bond donors (Lipinski definition) is 0. The Kier molecular flexibility index (Phi) is 4.66. The van der Waals surface area contributed by atoms with Crippen LogP contribution in [0.15, 0.2) is 0 Å². The molecule has 1 saturated heterocycles. The summed E-state index contributed by atoms with van der Waals surface area (Å²) in [6.07, 6.45) is 13.0. The average molecular weight is 312 g/mol. The summed E-state index contributed by atoms with van der Waals surface area (Å²) in [5, 5.41) is 0. The van der Waals surface area contributed by atoms with E-state index in [1.807, 2.05) is 0 Å². The highest BCUT2D eigenvalue weighted by Gasteiger charge is 2.53. The van der Waals surface area contributed by atoms with E-state index >= 15 is 0 Å². The summed E-state index contributed by atoms with van der Waals surface area (Å²) in [4.78, 5) is 15.4. The molecule has 5 rings (SSSR count). The van der Waals surface area contributed by atoms with Gasteiger partial charge in [0.2, 0.25) is 0 Å². The predicted octanol–water partition coefficient (Wildman–Crippen LogP) is 4.07. The average Bonchev–Trinajstić information content (AvgIpc) is 2.44. The number of carbonyl (C=O) groups is 1. The van der Waals surface area contributed by atoms with Crippen LogP contribution in [-0.4, -0.2) is 30.3 Å². The van der Waals surface area contributed by atoms with E-state index in [0.29, 0.717) is 5.78 Å². The normalized spacial score (nSPS) is 41.8. The Morgan fingerprint density at radius 1 is 0.905 bits per heavy atom. The molecule has 0 aromatic heterocycles. The highest BCUT2D eigenvalue weighted by Crippen LogP contribution is 2.60. The van der Waals surface area contributed by atoms with Crippen LogP contribution in [0.5, 0.6) is 0 Å². The first-order valence-corrected chi connectivity index (χ1v) is 8.99. The van der Waals surface area contributed by atoms with Gasteiger partial charge < -0.3 is 4.90 Å². The van der Waals surface area contributed by atoms with Crippen LogP contribution in [-0.2, 0) is 4.79 Å². The van der Waals surface area contributed by atoms with Crippen LogP contribution >= 0.6 is 12.4 Å². The predicted molar refractivity (Wildman–Crippen MR) is 87.8 cm³/mol. The van der Waals surface area contributed by atoms with Gasteiger partial charge in [0.05, 0.1) is 0 Å². The molecule has 4 bridgehead atoms. The standard InChI is InChI=1S/C18H29NO.ClH/c20-17(4-7-19-5-2-1-3-6-19)18-11-14-8-15(12-18)10-16(9-14)13-18;/h14-16H,1-13H2;1H. The van der Waals surface area contributed by atoms with Gasteiger partial charge in [-0.1, -0.05) is 6.42 Å². The van der Waals surface area contributed by atoms with Gasteiger partial charge in [0.25, 0.3) is 0 Å². The lowest BCUT2D eigenvalue weighted by atomic mass is 9.48. The quantitative estimate of drug-likeness (QED) is 0.780. The molecule has 4 saturated carbocycles. The molecule has 21 heavy (non-hydrogen) atoms. The first-order chi connectivity index (χ1) is 9.73. The molecule has 1 aliphatic heterocycles. The molecule has 4 aliphatic carbocycles. The summed E-state index contributed by atoms with van der Waals surface area (Å²) >= 11 is 0. The largest absolute Gasteiger partial charge is 0.303 e. The van der Waals surface area contributed by atoms with Crippen molar-refractivity contribution < 1.29 is 4.79 Å². The second-order valence-corrected chi connectivity index (χ2v) is 8.27. The van der Waals surface area contributed by atoms with Crippen LogP contribution in [0, 0.1) is 23.2 Å².